The van der Waals surface area contributed by atoms with Crippen LogP contribution in [0, 0.1) is 5.92 Å². The van der Waals surface area contributed by atoms with Crippen LogP contribution in [-0.4, -0.2) is 37.7 Å². The SMILES string of the molecule is CC1CC(C(=O)NCC2CCCN2)CO1. The monoisotopic (exact) mass is 212 g/mol. The summed E-state index contributed by atoms with van der Waals surface area (Å²) in [7, 11) is 0. The number of carbonyl (C=O) groups excluding carboxylic acids is 1. The normalized spacial score (nSPS) is 35.7. The highest BCUT2D eigenvalue weighted by Gasteiger charge is 2.28. The van der Waals surface area contributed by atoms with Crippen LogP contribution in [-0.2, 0) is 9.53 Å². The van der Waals surface area contributed by atoms with Gasteiger partial charge in [0.25, 0.3) is 0 Å². The van der Waals surface area contributed by atoms with Gasteiger partial charge in [-0.05, 0) is 32.7 Å². The second-order valence-corrected chi connectivity index (χ2v) is 4.62. The summed E-state index contributed by atoms with van der Waals surface area (Å²) in [5.74, 6) is 0.231. The van der Waals surface area contributed by atoms with Gasteiger partial charge in [-0.2, -0.15) is 0 Å². The molecule has 2 heterocycles. The Morgan fingerprint density at radius 1 is 1.60 bits per heavy atom. The number of amides is 1. The summed E-state index contributed by atoms with van der Waals surface area (Å²) in [6.07, 6.45) is 3.51. The predicted octanol–water partition coefficient (Wildman–Crippen LogP) is 0.280. The number of nitrogens with one attached hydrogen (secondary N) is 2. The lowest BCUT2D eigenvalue weighted by Crippen LogP contribution is -2.40. The van der Waals surface area contributed by atoms with E-state index in [0.29, 0.717) is 12.6 Å². The Hall–Kier alpha value is -0.610. The highest BCUT2D eigenvalue weighted by Crippen LogP contribution is 2.18. The molecular weight excluding hydrogens is 192 g/mol. The Morgan fingerprint density at radius 2 is 2.47 bits per heavy atom. The minimum absolute atomic E-state index is 0.0707. The van der Waals surface area contributed by atoms with Gasteiger partial charge in [-0.15, -0.1) is 0 Å². The molecule has 0 bridgehead atoms. The van der Waals surface area contributed by atoms with Crippen molar-refractivity contribution in [2.75, 3.05) is 19.7 Å². The average molecular weight is 212 g/mol. The number of hydrogen-bond donors (Lipinski definition) is 2. The van der Waals surface area contributed by atoms with E-state index in [4.69, 9.17) is 4.74 Å². The number of ether oxygens (including phenoxy) is 1. The first-order valence-corrected chi connectivity index (χ1v) is 5.88. The number of hydrogen-bond acceptors (Lipinski definition) is 3. The lowest BCUT2D eigenvalue weighted by molar-refractivity contribution is -0.125. The zero-order chi connectivity index (χ0) is 10.7. The lowest BCUT2D eigenvalue weighted by atomic mass is 10.1. The molecule has 0 aliphatic carbocycles. The standard InChI is InChI=1S/C11H20N2O2/c1-8-5-9(7-15-8)11(14)13-6-10-3-2-4-12-10/h8-10,12H,2-7H2,1H3,(H,13,14). The van der Waals surface area contributed by atoms with Crippen molar-refractivity contribution in [1.82, 2.24) is 10.6 Å². The van der Waals surface area contributed by atoms with Gasteiger partial charge in [-0.25, -0.2) is 0 Å². The van der Waals surface area contributed by atoms with Crippen LogP contribution in [0.1, 0.15) is 26.2 Å². The van der Waals surface area contributed by atoms with Crippen LogP contribution >= 0.6 is 0 Å². The third-order valence-electron chi connectivity index (χ3n) is 3.25. The largest absolute Gasteiger partial charge is 0.378 e. The van der Waals surface area contributed by atoms with E-state index in [1.807, 2.05) is 6.92 Å². The molecule has 2 fully saturated rings. The third-order valence-corrected chi connectivity index (χ3v) is 3.25. The van der Waals surface area contributed by atoms with Crippen molar-refractivity contribution in [2.24, 2.45) is 5.92 Å². The van der Waals surface area contributed by atoms with Gasteiger partial charge in [0.1, 0.15) is 0 Å². The highest BCUT2D eigenvalue weighted by molar-refractivity contribution is 5.79. The molecule has 4 heteroatoms. The predicted molar refractivity (Wildman–Crippen MR) is 57.6 cm³/mol. The van der Waals surface area contributed by atoms with E-state index in [-0.39, 0.29) is 17.9 Å². The fraction of sp³-hybridized carbons (Fsp3) is 0.909. The molecule has 4 nitrogen and oxygen atoms in total. The molecule has 2 saturated heterocycles. The van der Waals surface area contributed by atoms with Gasteiger partial charge in [0, 0.05) is 12.6 Å². The second kappa shape index (κ2) is 4.94. The summed E-state index contributed by atoms with van der Waals surface area (Å²) >= 11 is 0. The number of rotatable bonds is 3. The first-order chi connectivity index (χ1) is 7.25. The summed E-state index contributed by atoms with van der Waals surface area (Å²) in [5, 5.41) is 6.37. The van der Waals surface area contributed by atoms with Crippen LogP contribution in [0.2, 0.25) is 0 Å². The highest BCUT2D eigenvalue weighted by atomic mass is 16.5. The van der Waals surface area contributed by atoms with Crippen LogP contribution in [0.3, 0.4) is 0 Å². The quantitative estimate of drug-likeness (QED) is 0.706. The van der Waals surface area contributed by atoms with Crippen LogP contribution < -0.4 is 10.6 Å². The van der Waals surface area contributed by atoms with Crippen molar-refractivity contribution in [3.63, 3.8) is 0 Å². The Morgan fingerprint density at radius 3 is 3.07 bits per heavy atom. The molecule has 3 unspecified atom stereocenters. The van der Waals surface area contributed by atoms with Gasteiger partial charge in [-0.1, -0.05) is 0 Å². The maximum Gasteiger partial charge on any atom is 0.225 e. The molecule has 3 atom stereocenters. The smallest absolute Gasteiger partial charge is 0.225 e. The van der Waals surface area contributed by atoms with E-state index in [2.05, 4.69) is 10.6 Å². The molecule has 0 aromatic heterocycles. The topological polar surface area (TPSA) is 50.4 Å². The van der Waals surface area contributed by atoms with E-state index in [0.717, 1.165) is 19.5 Å². The van der Waals surface area contributed by atoms with Crippen molar-refractivity contribution in [3.05, 3.63) is 0 Å². The molecule has 0 radical (unpaired) electrons. The zero-order valence-corrected chi connectivity index (χ0v) is 9.29. The van der Waals surface area contributed by atoms with Crippen molar-refractivity contribution < 1.29 is 9.53 Å². The molecule has 15 heavy (non-hydrogen) atoms. The summed E-state index contributed by atoms with van der Waals surface area (Å²) in [4.78, 5) is 11.7. The minimum Gasteiger partial charge on any atom is -0.378 e. The van der Waals surface area contributed by atoms with Crippen molar-refractivity contribution in [1.29, 1.82) is 0 Å². The molecule has 0 aromatic carbocycles. The summed E-state index contributed by atoms with van der Waals surface area (Å²) in [6, 6.07) is 0.480. The first kappa shape index (κ1) is 10.9. The van der Waals surface area contributed by atoms with E-state index in [1.165, 1.54) is 12.8 Å². The summed E-state index contributed by atoms with van der Waals surface area (Å²) < 4.78 is 5.38. The summed E-state index contributed by atoms with van der Waals surface area (Å²) in [6.45, 7) is 4.46. The van der Waals surface area contributed by atoms with Crippen molar-refractivity contribution >= 4 is 5.91 Å². The Kier molecular flexibility index (Phi) is 3.59. The van der Waals surface area contributed by atoms with Crippen molar-refractivity contribution in [3.8, 4) is 0 Å². The van der Waals surface area contributed by atoms with Crippen LogP contribution in [0.5, 0.6) is 0 Å². The second-order valence-electron chi connectivity index (χ2n) is 4.62. The molecule has 0 spiro atoms. The minimum atomic E-state index is 0.0707. The maximum absolute atomic E-state index is 11.7. The van der Waals surface area contributed by atoms with Gasteiger partial charge >= 0.3 is 0 Å². The van der Waals surface area contributed by atoms with Gasteiger partial charge in [0.15, 0.2) is 0 Å². The average Bonchev–Trinajstić information content (AvgIpc) is 2.84. The van der Waals surface area contributed by atoms with E-state index < -0.39 is 0 Å². The van der Waals surface area contributed by atoms with Crippen LogP contribution in [0.4, 0.5) is 0 Å². The molecule has 1 amide bonds. The van der Waals surface area contributed by atoms with Gasteiger partial charge in [0.05, 0.1) is 18.6 Å². The van der Waals surface area contributed by atoms with Crippen molar-refractivity contribution in [2.45, 2.75) is 38.3 Å². The fourth-order valence-corrected chi connectivity index (χ4v) is 2.30. The molecule has 2 aliphatic heterocycles. The van der Waals surface area contributed by atoms with Gasteiger partial charge in [0.2, 0.25) is 5.91 Å². The molecule has 2 aliphatic rings. The molecule has 0 saturated carbocycles. The summed E-state index contributed by atoms with van der Waals surface area (Å²) in [5.41, 5.74) is 0. The first-order valence-electron chi connectivity index (χ1n) is 5.88. The fourth-order valence-electron chi connectivity index (χ4n) is 2.30. The molecule has 2 rings (SSSR count). The number of carbonyl (C=O) groups is 1. The molecule has 0 aromatic rings. The zero-order valence-electron chi connectivity index (χ0n) is 9.29. The third kappa shape index (κ3) is 2.92. The Balaban J connectivity index is 1.67. The lowest BCUT2D eigenvalue weighted by Gasteiger charge is -2.13. The van der Waals surface area contributed by atoms with E-state index >= 15 is 0 Å². The van der Waals surface area contributed by atoms with E-state index in [9.17, 15) is 4.79 Å². The maximum atomic E-state index is 11.7. The molecule has 86 valence electrons. The van der Waals surface area contributed by atoms with E-state index in [1.54, 1.807) is 0 Å². The van der Waals surface area contributed by atoms with Gasteiger partial charge in [-0.3, -0.25) is 4.79 Å². The molecule has 2 N–H and O–H groups in total. The van der Waals surface area contributed by atoms with Crippen LogP contribution in [0.15, 0.2) is 0 Å². The van der Waals surface area contributed by atoms with Gasteiger partial charge < -0.3 is 15.4 Å². The Bertz CT molecular complexity index is 227. The van der Waals surface area contributed by atoms with Crippen LogP contribution in [0.25, 0.3) is 0 Å². The Labute approximate surface area is 90.8 Å². The molecular formula is C11H20N2O2.